The van der Waals surface area contributed by atoms with Gasteiger partial charge < -0.3 is 19.4 Å². The zero-order valence-electron chi connectivity index (χ0n) is 17.5. The Morgan fingerprint density at radius 3 is 2.54 bits per heavy atom. The maximum atomic E-state index is 13.3. The van der Waals surface area contributed by atoms with Gasteiger partial charge in [0.25, 0.3) is 0 Å². The van der Waals surface area contributed by atoms with Gasteiger partial charge in [0, 0.05) is 57.6 Å². The first-order valence-electron chi connectivity index (χ1n) is 10.7. The van der Waals surface area contributed by atoms with E-state index in [-0.39, 0.29) is 5.41 Å². The molecule has 3 saturated heterocycles. The summed E-state index contributed by atoms with van der Waals surface area (Å²) in [7, 11) is 1.69. The van der Waals surface area contributed by atoms with Crippen molar-refractivity contribution in [3.8, 4) is 0 Å². The molecule has 0 unspecified atom stereocenters. The smallest absolute Gasteiger partial charge is 0.230 e. The SMILES string of the molecule is COCCN1CCC[C@@]2(CCN(c3nc(N4CCCC4)nc(C)c3C)C2)C1=O. The number of ether oxygens (including phenoxy) is 1. The standard InChI is InChI=1S/C21H33N5O2/c1-16-17(2)22-20(25-9-4-5-10-25)23-18(16)26-12-8-21(15-26)7-6-11-24(19(21)27)13-14-28-3/h4-15H2,1-3H3/t21-/m0/s1. The third kappa shape index (κ3) is 3.45. The van der Waals surface area contributed by atoms with Crippen LogP contribution >= 0.6 is 0 Å². The maximum absolute atomic E-state index is 13.3. The molecule has 0 aromatic carbocycles. The zero-order chi connectivity index (χ0) is 19.7. The molecule has 1 spiro atoms. The van der Waals surface area contributed by atoms with E-state index in [0.29, 0.717) is 19.1 Å². The molecule has 154 valence electrons. The van der Waals surface area contributed by atoms with E-state index in [9.17, 15) is 4.79 Å². The summed E-state index contributed by atoms with van der Waals surface area (Å²) in [5.41, 5.74) is 1.93. The van der Waals surface area contributed by atoms with Crippen molar-refractivity contribution in [3.05, 3.63) is 11.3 Å². The van der Waals surface area contributed by atoms with Crippen LogP contribution in [0.25, 0.3) is 0 Å². The molecule has 7 nitrogen and oxygen atoms in total. The number of methoxy groups -OCH3 is 1. The van der Waals surface area contributed by atoms with Gasteiger partial charge in [0.05, 0.1) is 12.0 Å². The van der Waals surface area contributed by atoms with Gasteiger partial charge in [0.15, 0.2) is 0 Å². The molecular weight excluding hydrogens is 354 g/mol. The lowest BCUT2D eigenvalue weighted by molar-refractivity contribution is -0.145. The molecule has 3 aliphatic rings. The molecule has 0 bridgehead atoms. The lowest BCUT2D eigenvalue weighted by Crippen LogP contribution is -2.51. The van der Waals surface area contributed by atoms with Crippen LogP contribution in [0.5, 0.6) is 0 Å². The summed E-state index contributed by atoms with van der Waals surface area (Å²) in [6.07, 6.45) is 5.39. The van der Waals surface area contributed by atoms with Gasteiger partial charge in [0.1, 0.15) is 5.82 Å². The fraction of sp³-hybridized carbons (Fsp3) is 0.762. The Bertz CT molecular complexity index is 734. The van der Waals surface area contributed by atoms with Crippen molar-refractivity contribution in [1.82, 2.24) is 14.9 Å². The van der Waals surface area contributed by atoms with Gasteiger partial charge in [-0.15, -0.1) is 0 Å². The highest BCUT2D eigenvalue weighted by Gasteiger charge is 2.48. The fourth-order valence-electron chi connectivity index (χ4n) is 4.96. The van der Waals surface area contributed by atoms with E-state index in [4.69, 9.17) is 14.7 Å². The predicted molar refractivity (Wildman–Crippen MR) is 110 cm³/mol. The molecule has 3 aliphatic heterocycles. The Morgan fingerprint density at radius 1 is 1.00 bits per heavy atom. The van der Waals surface area contributed by atoms with Gasteiger partial charge in [-0.25, -0.2) is 4.98 Å². The van der Waals surface area contributed by atoms with Crippen LogP contribution in [0.3, 0.4) is 0 Å². The minimum atomic E-state index is -0.259. The molecule has 0 N–H and O–H groups in total. The van der Waals surface area contributed by atoms with E-state index in [0.717, 1.165) is 75.0 Å². The van der Waals surface area contributed by atoms with Gasteiger partial charge in [-0.1, -0.05) is 0 Å². The molecule has 0 aliphatic carbocycles. The highest BCUT2D eigenvalue weighted by Crippen LogP contribution is 2.42. The van der Waals surface area contributed by atoms with Crippen molar-refractivity contribution in [2.75, 3.05) is 62.8 Å². The van der Waals surface area contributed by atoms with E-state index in [1.165, 1.54) is 12.8 Å². The number of aryl methyl sites for hydroxylation is 1. The number of hydrogen-bond acceptors (Lipinski definition) is 6. The minimum Gasteiger partial charge on any atom is -0.383 e. The number of piperidine rings is 1. The second-order valence-electron chi connectivity index (χ2n) is 8.59. The summed E-state index contributed by atoms with van der Waals surface area (Å²) in [5.74, 6) is 2.18. The van der Waals surface area contributed by atoms with Crippen molar-refractivity contribution >= 4 is 17.7 Å². The second-order valence-corrected chi connectivity index (χ2v) is 8.59. The van der Waals surface area contributed by atoms with Crippen LogP contribution in [0.4, 0.5) is 11.8 Å². The van der Waals surface area contributed by atoms with E-state index in [1.54, 1.807) is 7.11 Å². The number of anilines is 2. The average molecular weight is 388 g/mol. The van der Waals surface area contributed by atoms with E-state index >= 15 is 0 Å². The van der Waals surface area contributed by atoms with Crippen LogP contribution < -0.4 is 9.80 Å². The topological polar surface area (TPSA) is 61.8 Å². The molecular formula is C21H33N5O2. The summed E-state index contributed by atoms with van der Waals surface area (Å²) in [4.78, 5) is 29.6. The van der Waals surface area contributed by atoms with Crippen molar-refractivity contribution in [3.63, 3.8) is 0 Å². The number of rotatable bonds is 5. The highest BCUT2D eigenvalue weighted by atomic mass is 16.5. The molecule has 0 saturated carbocycles. The normalized spacial score (nSPS) is 25.4. The molecule has 28 heavy (non-hydrogen) atoms. The number of carbonyl (C=O) groups excluding carboxylic acids is 1. The third-order valence-electron chi connectivity index (χ3n) is 6.78. The van der Waals surface area contributed by atoms with E-state index in [2.05, 4.69) is 23.6 Å². The van der Waals surface area contributed by atoms with Crippen molar-refractivity contribution < 1.29 is 9.53 Å². The van der Waals surface area contributed by atoms with E-state index in [1.807, 2.05) is 4.90 Å². The molecule has 1 aromatic heterocycles. The Kier molecular flexibility index (Phi) is 5.45. The quantitative estimate of drug-likeness (QED) is 0.772. The zero-order valence-corrected chi connectivity index (χ0v) is 17.5. The van der Waals surface area contributed by atoms with Crippen molar-refractivity contribution in [1.29, 1.82) is 0 Å². The van der Waals surface area contributed by atoms with Gasteiger partial charge in [-0.2, -0.15) is 4.98 Å². The Morgan fingerprint density at radius 2 is 1.79 bits per heavy atom. The average Bonchev–Trinajstić information content (AvgIpc) is 3.36. The highest BCUT2D eigenvalue weighted by molar-refractivity contribution is 5.85. The number of nitrogens with zero attached hydrogens (tertiary/aromatic N) is 5. The number of carbonyl (C=O) groups is 1. The van der Waals surface area contributed by atoms with Crippen LogP contribution in [0.1, 0.15) is 43.4 Å². The first-order chi connectivity index (χ1) is 13.5. The number of likely N-dealkylation sites (tertiary alicyclic amines) is 1. The molecule has 1 amide bonds. The largest absolute Gasteiger partial charge is 0.383 e. The Labute approximate surface area is 168 Å². The summed E-state index contributed by atoms with van der Waals surface area (Å²) in [6.45, 7) is 10.1. The maximum Gasteiger partial charge on any atom is 0.230 e. The van der Waals surface area contributed by atoms with Gasteiger partial charge in [0.2, 0.25) is 11.9 Å². The summed E-state index contributed by atoms with van der Waals surface area (Å²) in [6, 6.07) is 0. The number of aromatic nitrogens is 2. The number of hydrogen-bond donors (Lipinski definition) is 0. The van der Waals surface area contributed by atoms with Crippen LogP contribution in [0.15, 0.2) is 0 Å². The minimum absolute atomic E-state index is 0.259. The first-order valence-corrected chi connectivity index (χ1v) is 10.7. The van der Waals surface area contributed by atoms with Crippen LogP contribution in [-0.2, 0) is 9.53 Å². The molecule has 0 radical (unpaired) electrons. The van der Waals surface area contributed by atoms with Gasteiger partial charge in [-0.05, 0) is 46.0 Å². The summed E-state index contributed by atoms with van der Waals surface area (Å²) < 4.78 is 5.20. The predicted octanol–water partition coefficient (Wildman–Crippen LogP) is 2.16. The van der Waals surface area contributed by atoms with E-state index < -0.39 is 0 Å². The van der Waals surface area contributed by atoms with Gasteiger partial charge in [-0.3, -0.25) is 4.79 Å². The molecule has 3 fully saturated rings. The summed E-state index contributed by atoms with van der Waals surface area (Å²) in [5, 5.41) is 0. The lowest BCUT2D eigenvalue weighted by Gasteiger charge is -2.39. The van der Waals surface area contributed by atoms with Gasteiger partial charge >= 0.3 is 0 Å². The van der Waals surface area contributed by atoms with Crippen molar-refractivity contribution in [2.24, 2.45) is 5.41 Å². The number of amides is 1. The molecule has 1 aromatic rings. The Balaban J connectivity index is 1.56. The fourth-order valence-corrected chi connectivity index (χ4v) is 4.96. The second kappa shape index (κ2) is 7.85. The van der Waals surface area contributed by atoms with Crippen LogP contribution in [0.2, 0.25) is 0 Å². The lowest BCUT2D eigenvalue weighted by atomic mass is 9.78. The van der Waals surface area contributed by atoms with Crippen molar-refractivity contribution in [2.45, 2.75) is 46.0 Å². The molecule has 4 rings (SSSR count). The molecule has 1 atom stereocenters. The monoisotopic (exact) mass is 387 g/mol. The third-order valence-corrected chi connectivity index (χ3v) is 6.78. The van der Waals surface area contributed by atoms with Crippen LogP contribution in [-0.4, -0.2) is 73.8 Å². The summed E-state index contributed by atoms with van der Waals surface area (Å²) >= 11 is 0. The first kappa shape index (κ1) is 19.4. The molecule has 7 heteroatoms. The van der Waals surface area contributed by atoms with Crippen LogP contribution in [0, 0.1) is 19.3 Å². The Hall–Kier alpha value is -1.89. The molecule has 4 heterocycles.